The third kappa shape index (κ3) is 2.39. The van der Waals surface area contributed by atoms with Gasteiger partial charge in [-0.25, -0.2) is 4.98 Å². The van der Waals surface area contributed by atoms with Crippen molar-refractivity contribution >= 4 is 32.6 Å². The van der Waals surface area contributed by atoms with E-state index in [9.17, 15) is 4.79 Å². The van der Waals surface area contributed by atoms with Crippen LogP contribution < -0.4 is 10.1 Å². The van der Waals surface area contributed by atoms with Gasteiger partial charge >= 0.3 is 0 Å². The van der Waals surface area contributed by atoms with Gasteiger partial charge in [0.25, 0.3) is 5.91 Å². The summed E-state index contributed by atoms with van der Waals surface area (Å²) in [4.78, 5) is 16.3. The van der Waals surface area contributed by atoms with Crippen LogP contribution in [-0.4, -0.2) is 31.2 Å². The van der Waals surface area contributed by atoms with Gasteiger partial charge in [0.15, 0.2) is 5.13 Å². The molecule has 0 fully saturated rings. The topological polar surface area (TPSA) is 69.7 Å². The molecule has 2 heterocycles. The van der Waals surface area contributed by atoms with Gasteiger partial charge in [-0.3, -0.25) is 10.1 Å². The summed E-state index contributed by atoms with van der Waals surface area (Å²) in [6.07, 6.45) is 1.31. The summed E-state index contributed by atoms with van der Waals surface area (Å²) in [6, 6.07) is 5.63. The van der Waals surface area contributed by atoms with Gasteiger partial charge in [-0.05, 0) is 12.1 Å². The van der Waals surface area contributed by atoms with E-state index in [1.54, 1.807) is 7.11 Å². The largest absolute Gasteiger partial charge is 0.494 e. The summed E-state index contributed by atoms with van der Waals surface area (Å²) in [5, 5.41) is 3.18. The predicted octanol–water partition coefficient (Wildman–Crippen LogP) is 2.13. The molecule has 0 radical (unpaired) electrons. The van der Waals surface area contributed by atoms with E-state index >= 15 is 0 Å². The minimum Gasteiger partial charge on any atom is -0.494 e. The summed E-state index contributed by atoms with van der Waals surface area (Å²) in [5.74, 6) is 0.459. The average Bonchev–Trinajstić information content (AvgIpc) is 2.90. The first-order valence-corrected chi connectivity index (χ1v) is 6.79. The highest BCUT2D eigenvalue weighted by Gasteiger charge is 2.17. The molecule has 1 aliphatic rings. The molecule has 0 saturated carbocycles. The van der Waals surface area contributed by atoms with E-state index in [-0.39, 0.29) is 11.7 Å². The summed E-state index contributed by atoms with van der Waals surface area (Å²) in [6.45, 7) is 0.821. The molecule has 20 heavy (non-hydrogen) atoms. The molecule has 1 aromatic carbocycles. The third-order valence-corrected chi connectivity index (χ3v) is 3.63. The number of carbonyl (C=O) groups is 1. The molecule has 1 aliphatic heterocycles. The number of nitrogens with one attached hydrogen (secondary N) is 1. The fourth-order valence-corrected chi connectivity index (χ4v) is 2.67. The van der Waals surface area contributed by atoms with Crippen molar-refractivity contribution in [2.24, 2.45) is 0 Å². The van der Waals surface area contributed by atoms with E-state index in [1.165, 1.54) is 17.6 Å². The molecular weight excluding hydrogens is 280 g/mol. The molecule has 1 N–H and O–H groups in total. The number of benzene rings is 1. The lowest BCUT2D eigenvalue weighted by atomic mass is 10.3. The maximum atomic E-state index is 11.9. The van der Waals surface area contributed by atoms with Gasteiger partial charge in [0.05, 0.1) is 11.8 Å². The van der Waals surface area contributed by atoms with E-state index in [0.29, 0.717) is 24.1 Å². The highest BCUT2D eigenvalue weighted by Crippen LogP contribution is 2.32. The molecule has 6 nitrogen and oxygen atoms in total. The van der Waals surface area contributed by atoms with Gasteiger partial charge in [0, 0.05) is 0 Å². The maximum Gasteiger partial charge on any atom is 0.295 e. The van der Waals surface area contributed by atoms with E-state index in [2.05, 4.69) is 10.3 Å². The Balaban J connectivity index is 1.84. The number of nitrogens with zero attached hydrogens (tertiary/aromatic N) is 1. The molecule has 0 aliphatic carbocycles. The molecule has 0 atom stereocenters. The van der Waals surface area contributed by atoms with Crippen LogP contribution in [0.1, 0.15) is 0 Å². The number of amides is 1. The van der Waals surface area contributed by atoms with Gasteiger partial charge in [-0.15, -0.1) is 0 Å². The fraction of sp³-hybridized carbons (Fsp3) is 0.231. The number of aromatic nitrogens is 1. The average molecular weight is 292 g/mol. The number of anilines is 1. The van der Waals surface area contributed by atoms with Crippen LogP contribution >= 0.6 is 11.3 Å². The van der Waals surface area contributed by atoms with E-state index in [1.807, 2.05) is 18.2 Å². The second-order valence-electron chi connectivity index (χ2n) is 3.98. The van der Waals surface area contributed by atoms with Crippen molar-refractivity contribution in [3.63, 3.8) is 0 Å². The number of carbonyl (C=O) groups excluding carboxylic acids is 1. The predicted molar refractivity (Wildman–Crippen MR) is 74.8 cm³/mol. The maximum absolute atomic E-state index is 11.9. The number of para-hydroxylation sites is 1. The van der Waals surface area contributed by atoms with E-state index < -0.39 is 0 Å². The Labute approximate surface area is 119 Å². The standard InChI is InChI=1S/C13H12N2O4S/c1-17-8-3-2-4-10-11(8)14-13(20-10)15-12(16)9-7-18-5-6-19-9/h2-4,7H,5-6H2,1H3,(H,14,15,16). The lowest BCUT2D eigenvalue weighted by molar-refractivity contribution is -0.117. The van der Waals surface area contributed by atoms with Crippen LogP contribution in [0.3, 0.4) is 0 Å². The summed E-state index contributed by atoms with van der Waals surface area (Å²) in [7, 11) is 1.59. The molecule has 3 rings (SSSR count). The number of thiazole rings is 1. The zero-order valence-electron chi connectivity index (χ0n) is 10.7. The highest BCUT2D eigenvalue weighted by molar-refractivity contribution is 7.22. The van der Waals surface area contributed by atoms with Crippen LogP contribution in [0.25, 0.3) is 10.2 Å². The lowest BCUT2D eigenvalue weighted by Crippen LogP contribution is -2.20. The van der Waals surface area contributed by atoms with E-state index in [0.717, 1.165) is 10.2 Å². The Kier molecular flexibility index (Phi) is 3.42. The van der Waals surface area contributed by atoms with Crippen LogP contribution in [0.4, 0.5) is 5.13 Å². The minimum absolute atomic E-state index is 0.155. The monoisotopic (exact) mass is 292 g/mol. The second kappa shape index (κ2) is 5.38. The normalized spacial score (nSPS) is 14.2. The molecule has 0 saturated heterocycles. The first-order chi connectivity index (χ1) is 9.78. The molecule has 0 bridgehead atoms. The fourth-order valence-electron chi connectivity index (χ4n) is 1.79. The Morgan fingerprint density at radius 2 is 2.35 bits per heavy atom. The van der Waals surface area contributed by atoms with Gasteiger partial charge in [-0.2, -0.15) is 0 Å². The SMILES string of the molecule is COc1cccc2sc(NC(=O)C3=COCCO3)nc12. The molecular formula is C13H12N2O4S. The molecule has 0 spiro atoms. The Hall–Kier alpha value is -2.28. The van der Waals surface area contributed by atoms with Crippen molar-refractivity contribution in [2.75, 3.05) is 25.6 Å². The van der Waals surface area contributed by atoms with Gasteiger partial charge in [0.1, 0.15) is 30.7 Å². The van der Waals surface area contributed by atoms with Gasteiger partial charge < -0.3 is 14.2 Å². The van der Waals surface area contributed by atoms with Crippen molar-refractivity contribution in [3.05, 3.63) is 30.2 Å². The molecule has 1 aromatic heterocycles. The number of methoxy groups -OCH3 is 1. The summed E-state index contributed by atoms with van der Waals surface area (Å²) in [5.41, 5.74) is 0.727. The smallest absolute Gasteiger partial charge is 0.295 e. The number of fused-ring (bicyclic) bond motifs is 1. The Morgan fingerprint density at radius 1 is 1.45 bits per heavy atom. The summed E-state index contributed by atoms with van der Waals surface area (Å²) >= 11 is 1.37. The second-order valence-corrected chi connectivity index (χ2v) is 5.01. The van der Waals surface area contributed by atoms with Crippen LogP contribution in [0.5, 0.6) is 5.75 Å². The van der Waals surface area contributed by atoms with Crippen LogP contribution in [-0.2, 0) is 14.3 Å². The van der Waals surface area contributed by atoms with Crippen LogP contribution in [0, 0.1) is 0 Å². The number of rotatable bonds is 3. The molecule has 0 unspecified atom stereocenters. The first kappa shape index (κ1) is 12.7. The van der Waals surface area contributed by atoms with Crippen molar-refractivity contribution in [1.82, 2.24) is 4.98 Å². The first-order valence-electron chi connectivity index (χ1n) is 5.97. The van der Waals surface area contributed by atoms with Crippen molar-refractivity contribution < 1.29 is 19.0 Å². The molecule has 2 aromatic rings. The van der Waals surface area contributed by atoms with Crippen molar-refractivity contribution in [3.8, 4) is 5.75 Å². The molecule has 1 amide bonds. The third-order valence-electron chi connectivity index (χ3n) is 2.70. The summed E-state index contributed by atoms with van der Waals surface area (Å²) < 4.78 is 16.4. The molecule has 7 heteroatoms. The van der Waals surface area contributed by atoms with Crippen LogP contribution in [0.15, 0.2) is 30.2 Å². The lowest BCUT2D eigenvalue weighted by Gasteiger charge is -2.14. The van der Waals surface area contributed by atoms with E-state index in [4.69, 9.17) is 14.2 Å². The van der Waals surface area contributed by atoms with Crippen molar-refractivity contribution in [2.45, 2.75) is 0 Å². The van der Waals surface area contributed by atoms with Gasteiger partial charge in [-0.1, -0.05) is 17.4 Å². The van der Waals surface area contributed by atoms with Gasteiger partial charge in [0.2, 0.25) is 5.76 Å². The zero-order valence-corrected chi connectivity index (χ0v) is 11.5. The number of hydrogen-bond donors (Lipinski definition) is 1. The Bertz CT molecular complexity index is 680. The highest BCUT2D eigenvalue weighted by atomic mass is 32.1. The minimum atomic E-state index is -0.372. The Morgan fingerprint density at radius 3 is 3.10 bits per heavy atom. The quantitative estimate of drug-likeness (QED) is 0.938. The number of ether oxygens (including phenoxy) is 3. The number of hydrogen-bond acceptors (Lipinski definition) is 6. The molecule has 104 valence electrons. The zero-order chi connectivity index (χ0) is 13.9. The van der Waals surface area contributed by atoms with Crippen LogP contribution in [0.2, 0.25) is 0 Å². The van der Waals surface area contributed by atoms with Crippen molar-refractivity contribution in [1.29, 1.82) is 0 Å².